The Morgan fingerprint density at radius 1 is 1.33 bits per heavy atom. The molecule has 1 heterocycles. The summed E-state index contributed by atoms with van der Waals surface area (Å²) in [6.07, 6.45) is 0. The molecule has 1 aromatic carbocycles. The molecule has 5 nitrogen and oxygen atoms in total. The number of benzene rings is 1. The molecule has 0 radical (unpaired) electrons. The van der Waals surface area contributed by atoms with Gasteiger partial charge in [-0.3, -0.25) is 9.59 Å². The molecule has 0 fully saturated rings. The first-order valence-electron chi connectivity index (χ1n) is 6.24. The second-order valence-electron chi connectivity index (χ2n) is 4.37. The Bertz CT molecular complexity index is 685. The van der Waals surface area contributed by atoms with Crippen molar-refractivity contribution in [2.45, 2.75) is 13.8 Å². The summed E-state index contributed by atoms with van der Waals surface area (Å²) in [5.41, 5.74) is 0.845. The largest absolute Gasteiger partial charge is 0.374 e. The summed E-state index contributed by atoms with van der Waals surface area (Å²) in [6.45, 7) is 3.07. The minimum atomic E-state index is -0.422. The van der Waals surface area contributed by atoms with E-state index in [4.69, 9.17) is 0 Å². The highest BCUT2D eigenvalue weighted by atomic mass is 32.1. The van der Waals surface area contributed by atoms with E-state index in [9.17, 15) is 14.0 Å². The van der Waals surface area contributed by atoms with E-state index in [1.807, 2.05) is 0 Å². The molecule has 21 heavy (non-hydrogen) atoms. The van der Waals surface area contributed by atoms with E-state index < -0.39 is 5.82 Å². The van der Waals surface area contributed by atoms with Crippen LogP contribution in [0.3, 0.4) is 0 Å². The van der Waals surface area contributed by atoms with Crippen LogP contribution < -0.4 is 10.6 Å². The summed E-state index contributed by atoms with van der Waals surface area (Å²) >= 11 is 1.13. The second-order valence-corrected chi connectivity index (χ2v) is 5.37. The Hall–Kier alpha value is -2.28. The molecular weight excluding hydrogens is 293 g/mol. The van der Waals surface area contributed by atoms with Crippen LogP contribution in [0.4, 0.5) is 15.2 Å². The molecule has 2 aromatic rings. The molecule has 0 saturated heterocycles. The number of nitrogens with zero attached hydrogens (tertiary/aromatic N) is 1. The highest BCUT2D eigenvalue weighted by Crippen LogP contribution is 2.22. The number of carbonyl (C=O) groups excluding carboxylic acids is 2. The van der Waals surface area contributed by atoms with Crippen molar-refractivity contribution >= 4 is 33.8 Å². The van der Waals surface area contributed by atoms with Gasteiger partial charge in [-0.05, 0) is 19.1 Å². The maximum absolute atomic E-state index is 13.4. The van der Waals surface area contributed by atoms with Crippen molar-refractivity contribution in [2.75, 3.05) is 17.2 Å². The van der Waals surface area contributed by atoms with Gasteiger partial charge in [-0.15, -0.1) is 0 Å². The van der Waals surface area contributed by atoms with Gasteiger partial charge in [-0.2, -0.15) is 0 Å². The molecule has 0 unspecified atom stereocenters. The number of ketones is 1. The number of para-hydroxylation sites is 1. The number of aryl methyl sites for hydroxylation is 1. The van der Waals surface area contributed by atoms with Crippen molar-refractivity contribution in [1.29, 1.82) is 0 Å². The average Bonchev–Trinajstić information content (AvgIpc) is 2.79. The van der Waals surface area contributed by atoms with Crippen molar-refractivity contribution in [1.82, 2.24) is 4.98 Å². The Balaban J connectivity index is 1.95. The number of amides is 1. The van der Waals surface area contributed by atoms with E-state index in [-0.39, 0.29) is 23.9 Å². The summed E-state index contributed by atoms with van der Waals surface area (Å²) < 4.78 is 13.4. The normalized spacial score (nSPS) is 10.2. The SMILES string of the molecule is CC(=O)c1sc(NC(=O)CNc2ccccc2F)nc1C. The van der Waals surface area contributed by atoms with E-state index >= 15 is 0 Å². The van der Waals surface area contributed by atoms with Crippen molar-refractivity contribution < 1.29 is 14.0 Å². The minimum Gasteiger partial charge on any atom is -0.374 e. The van der Waals surface area contributed by atoms with Crippen LogP contribution in [0.5, 0.6) is 0 Å². The van der Waals surface area contributed by atoms with Crippen molar-refractivity contribution in [2.24, 2.45) is 0 Å². The number of rotatable bonds is 5. The van der Waals surface area contributed by atoms with E-state index in [1.165, 1.54) is 13.0 Å². The molecule has 2 N–H and O–H groups in total. The van der Waals surface area contributed by atoms with Gasteiger partial charge in [0, 0.05) is 6.92 Å². The van der Waals surface area contributed by atoms with Gasteiger partial charge in [0.15, 0.2) is 10.9 Å². The zero-order valence-corrected chi connectivity index (χ0v) is 12.4. The Labute approximate surface area is 125 Å². The fourth-order valence-corrected chi connectivity index (χ4v) is 2.60. The molecular formula is C14H14FN3O2S. The summed E-state index contributed by atoms with van der Waals surface area (Å²) in [5, 5.41) is 5.64. The van der Waals surface area contributed by atoms with Crippen LogP contribution in [-0.4, -0.2) is 23.2 Å². The minimum absolute atomic E-state index is 0.0880. The van der Waals surface area contributed by atoms with E-state index in [2.05, 4.69) is 15.6 Å². The fraction of sp³-hybridized carbons (Fsp3) is 0.214. The number of carbonyl (C=O) groups is 2. The van der Waals surface area contributed by atoms with Gasteiger partial charge in [0.05, 0.1) is 22.8 Å². The molecule has 1 aromatic heterocycles. The molecule has 1 amide bonds. The zero-order chi connectivity index (χ0) is 15.4. The lowest BCUT2D eigenvalue weighted by Crippen LogP contribution is -2.22. The van der Waals surface area contributed by atoms with E-state index in [0.29, 0.717) is 15.7 Å². The standard InChI is InChI=1S/C14H14FN3O2S/c1-8-13(9(2)19)21-14(17-8)18-12(20)7-16-11-6-4-3-5-10(11)15/h3-6,16H,7H2,1-2H3,(H,17,18,20). The van der Waals surface area contributed by atoms with E-state index in [1.54, 1.807) is 25.1 Å². The van der Waals surface area contributed by atoms with Crippen molar-refractivity contribution in [3.05, 3.63) is 40.7 Å². The number of nitrogens with one attached hydrogen (secondary N) is 2. The number of hydrogen-bond donors (Lipinski definition) is 2. The van der Waals surface area contributed by atoms with Gasteiger partial charge in [0.2, 0.25) is 5.91 Å². The number of thiazole rings is 1. The van der Waals surface area contributed by atoms with Crippen LogP contribution in [0.2, 0.25) is 0 Å². The monoisotopic (exact) mass is 307 g/mol. The third kappa shape index (κ3) is 3.85. The Kier molecular flexibility index (Phi) is 4.64. The summed E-state index contributed by atoms with van der Waals surface area (Å²) in [7, 11) is 0. The predicted molar refractivity (Wildman–Crippen MR) is 80.4 cm³/mol. The van der Waals surface area contributed by atoms with Gasteiger partial charge < -0.3 is 10.6 Å². The smallest absolute Gasteiger partial charge is 0.245 e. The first-order valence-corrected chi connectivity index (χ1v) is 7.05. The Morgan fingerprint density at radius 2 is 2.05 bits per heavy atom. The molecule has 7 heteroatoms. The van der Waals surface area contributed by atoms with E-state index in [0.717, 1.165) is 11.3 Å². The molecule has 0 bridgehead atoms. The molecule has 0 aliphatic carbocycles. The fourth-order valence-electron chi connectivity index (χ4n) is 1.72. The summed E-state index contributed by atoms with van der Waals surface area (Å²) in [5.74, 6) is -0.869. The van der Waals surface area contributed by atoms with Crippen LogP contribution in [0.15, 0.2) is 24.3 Å². The van der Waals surface area contributed by atoms with Crippen molar-refractivity contribution in [3.63, 3.8) is 0 Å². The number of aromatic nitrogens is 1. The maximum Gasteiger partial charge on any atom is 0.245 e. The molecule has 0 aliphatic rings. The first-order chi connectivity index (χ1) is 9.97. The van der Waals surface area contributed by atoms with Crippen LogP contribution in [-0.2, 0) is 4.79 Å². The van der Waals surface area contributed by atoms with Crippen LogP contribution >= 0.6 is 11.3 Å². The first kappa shape index (κ1) is 15.1. The zero-order valence-electron chi connectivity index (χ0n) is 11.6. The summed E-state index contributed by atoms with van der Waals surface area (Å²) in [6, 6.07) is 6.10. The summed E-state index contributed by atoms with van der Waals surface area (Å²) in [4.78, 5) is 27.7. The molecule has 110 valence electrons. The molecule has 0 saturated carbocycles. The van der Waals surface area contributed by atoms with Gasteiger partial charge in [-0.1, -0.05) is 23.5 Å². The maximum atomic E-state index is 13.4. The lowest BCUT2D eigenvalue weighted by Gasteiger charge is -2.06. The van der Waals surface area contributed by atoms with Gasteiger partial charge in [-0.25, -0.2) is 9.37 Å². The second kappa shape index (κ2) is 6.45. The Morgan fingerprint density at radius 3 is 2.67 bits per heavy atom. The molecule has 0 spiro atoms. The van der Waals surface area contributed by atoms with Gasteiger partial charge in [0.25, 0.3) is 0 Å². The molecule has 0 atom stereocenters. The lowest BCUT2D eigenvalue weighted by atomic mass is 10.3. The third-order valence-electron chi connectivity index (χ3n) is 2.68. The topological polar surface area (TPSA) is 71.1 Å². The highest BCUT2D eigenvalue weighted by molar-refractivity contribution is 7.17. The van der Waals surface area contributed by atoms with Gasteiger partial charge >= 0.3 is 0 Å². The average molecular weight is 307 g/mol. The number of Topliss-reactive ketones (excluding diaryl/α,β-unsaturated/α-hetero) is 1. The lowest BCUT2D eigenvalue weighted by molar-refractivity contribution is -0.114. The number of halogens is 1. The van der Waals surface area contributed by atoms with Crippen LogP contribution in [0.25, 0.3) is 0 Å². The van der Waals surface area contributed by atoms with Crippen LogP contribution in [0.1, 0.15) is 22.3 Å². The van der Waals surface area contributed by atoms with Crippen LogP contribution in [0, 0.1) is 12.7 Å². The quantitative estimate of drug-likeness (QED) is 0.833. The number of anilines is 2. The molecule has 0 aliphatic heterocycles. The predicted octanol–water partition coefficient (Wildman–Crippen LogP) is 2.84. The highest BCUT2D eigenvalue weighted by Gasteiger charge is 2.13. The van der Waals surface area contributed by atoms with Crippen molar-refractivity contribution in [3.8, 4) is 0 Å². The third-order valence-corrected chi connectivity index (χ3v) is 3.85. The molecule has 2 rings (SSSR count). The number of hydrogen-bond acceptors (Lipinski definition) is 5. The van der Waals surface area contributed by atoms with Gasteiger partial charge in [0.1, 0.15) is 5.82 Å².